The van der Waals surface area contributed by atoms with Crippen LogP contribution < -0.4 is 10.5 Å². The van der Waals surface area contributed by atoms with Gasteiger partial charge >= 0.3 is 0 Å². The Kier molecular flexibility index (Phi) is 4.20. The van der Waals surface area contributed by atoms with Gasteiger partial charge in [-0.2, -0.15) is 0 Å². The minimum atomic E-state index is 0.234. The Morgan fingerprint density at radius 3 is 2.89 bits per heavy atom. The van der Waals surface area contributed by atoms with Crippen LogP contribution in [-0.4, -0.2) is 30.5 Å². The first-order valence-corrected chi connectivity index (χ1v) is 6.39. The second-order valence-corrected chi connectivity index (χ2v) is 4.81. The molecule has 1 fully saturated rings. The fourth-order valence-electron chi connectivity index (χ4n) is 2.26. The Bertz CT molecular complexity index is 420. The number of ether oxygens (including phenoxy) is 1. The fourth-order valence-corrected chi connectivity index (χ4v) is 2.26. The molecule has 2 N–H and O–H groups in total. The van der Waals surface area contributed by atoms with Gasteiger partial charge in [0.15, 0.2) is 0 Å². The average molecular weight is 248 g/mol. The highest BCUT2D eigenvalue weighted by Gasteiger charge is 2.25. The Morgan fingerprint density at radius 1 is 1.44 bits per heavy atom. The molecule has 1 unspecified atom stereocenters. The number of nitrogens with zero attached hydrogens (tertiary/aromatic N) is 1. The smallest absolute Gasteiger partial charge is 0.223 e. The number of hydrogen-bond acceptors (Lipinski definition) is 3. The average Bonchev–Trinajstić information content (AvgIpc) is 2.68. The van der Waals surface area contributed by atoms with Crippen molar-refractivity contribution in [2.45, 2.75) is 19.9 Å². The van der Waals surface area contributed by atoms with Crippen LogP contribution in [0.5, 0.6) is 5.75 Å². The van der Waals surface area contributed by atoms with E-state index < -0.39 is 0 Å². The molecule has 1 saturated heterocycles. The lowest BCUT2D eigenvalue weighted by atomic mass is 10.2. The molecule has 2 rings (SSSR count). The molecule has 1 aromatic carbocycles. The van der Waals surface area contributed by atoms with Crippen molar-refractivity contribution in [3.05, 3.63) is 29.8 Å². The maximum absolute atomic E-state index is 11.6. The van der Waals surface area contributed by atoms with E-state index in [0.29, 0.717) is 32.0 Å². The summed E-state index contributed by atoms with van der Waals surface area (Å²) in [6.45, 7) is 4.59. The number of rotatable bonds is 5. The highest BCUT2D eigenvalue weighted by atomic mass is 16.5. The lowest BCUT2D eigenvalue weighted by Crippen LogP contribution is -2.29. The number of carbonyl (C=O) groups excluding carboxylic acids is 1. The summed E-state index contributed by atoms with van der Waals surface area (Å²) in [6.07, 6.45) is 0.666. The van der Waals surface area contributed by atoms with Crippen LogP contribution >= 0.6 is 0 Å². The van der Waals surface area contributed by atoms with Gasteiger partial charge in [0.1, 0.15) is 12.4 Å². The molecule has 0 bridgehead atoms. The van der Waals surface area contributed by atoms with Crippen LogP contribution in [0, 0.1) is 5.92 Å². The van der Waals surface area contributed by atoms with Crippen molar-refractivity contribution in [1.82, 2.24) is 4.90 Å². The van der Waals surface area contributed by atoms with Crippen molar-refractivity contribution in [3.63, 3.8) is 0 Å². The topological polar surface area (TPSA) is 55.6 Å². The highest BCUT2D eigenvalue weighted by molar-refractivity contribution is 5.78. The third-order valence-corrected chi connectivity index (χ3v) is 3.22. The zero-order valence-corrected chi connectivity index (χ0v) is 10.8. The van der Waals surface area contributed by atoms with Crippen molar-refractivity contribution in [2.75, 3.05) is 19.7 Å². The van der Waals surface area contributed by atoms with E-state index >= 15 is 0 Å². The van der Waals surface area contributed by atoms with Crippen molar-refractivity contribution >= 4 is 5.91 Å². The molecule has 98 valence electrons. The van der Waals surface area contributed by atoms with Gasteiger partial charge in [-0.25, -0.2) is 0 Å². The summed E-state index contributed by atoms with van der Waals surface area (Å²) in [5, 5.41) is 0. The van der Waals surface area contributed by atoms with Crippen LogP contribution in [0.1, 0.15) is 18.9 Å². The molecule has 18 heavy (non-hydrogen) atoms. The maximum Gasteiger partial charge on any atom is 0.223 e. The number of benzene rings is 1. The van der Waals surface area contributed by atoms with Crippen molar-refractivity contribution < 1.29 is 9.53 Å². The standard InChI is InChI=1S/C14H20N2O2/c1-11-8-14(17)16(10-11)6-7-18-13-5-3-2-4-12(13)9-15/h2-5,11H,6-10,15H2,1H3. The molecular formula is C14H20N2O2. The number of amides is 1. The third kappa shape index (κ3) is 3.01. The van der Waals surface area contributed by atoms with Gasteiger partial charge in [0.25, 0.3) is 0 Å². The van der Waals surface area contributed by atoms with Gasteiger partial charge in [0, 0.05) is 25.1 Å². The van der Waals surface area contributed by atoms with E-state index in [4.69, 9.17) is 10.5 Å². The van der Waals surface area contributed by atoms with Crippen LogP contribution in [0.4, 0.5) is 0 Å². The van der Waals surface area contributed by atoms with Crippen LogP contribution in [0.3, 0.4) is 0 Å². The second-order valence-electron chi connectivity index (χ2n) is 4.81. The van der Waals surface area contributed by atoms with Crippen molar-refractivity contribution in [3.8, 4) is 5.75 Å². The first kappa shape index (κ1) is 12.9. The Balaban J connectivity index is 1.83. The molecule has 0 aliphatic carbocycles. The van der Waals surface area contributed by atoms with Gasteiger partial charge in [-0.15, -0.1) is 0 Å². The van der Waals surface area contributed by atoms with Crippen LogP contribution in [0.15, 0.2) is 24.3 Å². The van der Waals surface area contributed by atoms with Gasteiger partial charge in [0.2, 0.25) is 5.91 Å². The molecule has 1 atom stereocenters. The van der Waals surface area contributed by atoms with Gasteiger partial charge in [-0.3, -0.25) is 4.79 Å². The van der Waals surface area contributed by atoms with E-state index in [2.05, 4.69) is 6.92 Å². The van der Waals surface area contributed by atoms with Crippen molar-refractivity contribution in [1.29, 1.82) is 0 Å². The van der Waals surface area contributed by atoms with E-state index in [9.17, 15) is 4.79 Å². The lowest BCUT2D eigenvalue weighted by Gasteiger charge is -2.17. The molecule has 0 aromatic heterocycles. The monoisotopic (exact) mass is 248 g/mol. The van der Waals surface area contributed by atoms with Crippen molar-refractivity contribution in [2.24, 2.45) is 11.7 Å². The summed E-state index contributed by atoms with van der Waals surface area (Å²) in [4.78, 5) is 13.5. The minimum absolute atomic E-state index is 0.234. The normalized spacial score (nSPS) is 19.3. The number of nitrogens with two attached hydrogens (primary N) is 1. The van der Waals surface area contributed by atoms with Crippen LogP contribution in [-0.2, 0) is 11.3 Å². The zero-order valence-electron chi connectivity index (χ0n) is 10.8. The number of carbonyl (C=O) groups is 1. The molecule has 0 spiro atoms. The third-order valence-electron chi connectivity index (χ3n) is 3.22. The molecule has 1 heterocycles. The molecule has 1 aliphatic rings. The summed E-state index contributed by atoms with van der Waals surface area (Å²) < 4.78 is 5.70. The van der Waals surface area contributed by atoms with E-state index in [0.717, 1.165) is 17.9 Å². The van der Waals surface area contributed by atoms with Gasteiger partial charge in [-0.1, -0.05) is 25.1 Å². The van der Waals surface area contributed by atoms with Gasteiger partial charge in [-0.05, 0) is 12.0 Å². The number of para-hydroxylation sites is 1. The first-order chi connectivity index (χ1) is 8.70. The highest BCUT2D eigenvalue weighted by Crippen LogP contribution is 2.18. The largest absolute Gasteiger partial charge is 0.491 e. The molecule has 1 amide bonds. The number of hydrogen-bond donors (Lipinski definition) is 1. The first-order valence-electron chi connectivity index (χ1n) is 6.39. The Hall–Kier alpha value is -1.55. The van der Waals surface area contributed by atoms with E-state index in [1.807, 2.05) is 29.2 Å². The van der Waals surface area contributed by atoms with E-state index in [1.165, 1.54) is 0 Å². The summed E-state index contributed by atoms with van der Waals surface area (Å²) >= 11 is 0. The summed E-state index contributed by atoms with van der Waals surface area (Å²) in [6, 6.07) is 7.74. The molecule has 0 radical (unpaired) electrons. The minimum Gasteiger partial charge on any atom is -0.491 e. The molecule has 1 aromatic rings. The predicted molar refractivity (Wildman–Crippen MR) is 70.2 cm³/mol. The van der Waals surface area contributed by atoms with E-state index in [-0.39, 0.29) is 5.91 Å². The summed E-state index contributed by atoms with van der Waals surface area (Å²) in [5.41, 5.74) is 6.64. The predicted octanol–water partition coefficient (Wildman–Crippen LogP) is 1.39. The second kappa shape index (κ2) is 5.87. The van der Waals surface area contributed by atoms with Gasteiger partial charge in [0.05, 0.1) is 6.54 Å². The zero-order chi connectivity index (χ0) is 13.0. The summed E-state index contributed by atoms with van der Waals surface area (Å²) in [5.74, 6) is 1.52. The Labute approximate surface area is 108 Å². The van der Waals surface area contributed by atoms with E-state index in [1.54, 1.807) is 0 Å². The quantitative estimate of drug-likeness (QED) is 0.856. The molecule has 0 saturated carbocycles. The molecule has 4 nitrogen and oxygen atoms in total. The maximum atomic E-state index is 11.6. The van der Waals surface area contributed by atoms with Gasteiger partial charge < -0.3 is 15.4 Å². The number of likely N-dealkylation sites (tertiary alicyclic amines) is 1. The lowest BCUT2D eigenvalue weighted by molar-refractivity contribution is -0.128. The molecular weight excluding hydrogens is 228 g/mol. The van der Waals surface area contributed by atoms with Crippen LogP contribution in [0.2, 0.25) is 0 Å². The SMILES string of the molecule is CC1CC(=O)N(CCOc2ccccc2CN)C1. The molecule has 1 aliphatic heterocycles. The Morgan fingerprint density at radius 2 is 2.22 bits per heavy atom. The molecule has 4 heteroatoms. The summed E-state index contributed by atoms with van der Waals surface area (Å²) in [7, 11) is 0. The fraction of sp³-hybridized carbons (Fsp3) is 0.500. The van der Waals surface area contributed by atoms with Crippen LogP contribution in [0.25, 0.3) is 0 Å².